The van der Waals surface area contributed by atoms with Gasteiger partial charge in [0.2, 0.25) is 0 Å². The smallest absolute Gasteiger partial charge is 0.387 e. The molecule has 0 amide bonds. The Balaban J connectivity index is 1.33. The lowest BCUT2D eigenvalue weighted by molar-refractivity contribution is -0.403. The Morgan fingerprint density at radius 3 is 0.411 bits per heavy atom. The van der Waals surface area contributed by atoms with E-state index in [-0.39, 0.29) is 0 Å². The van der Waals surface area contributed by atoms with Gasteiger partial charge in [-0.25, -0.2) is 27.4 Å². The number of hydrogen-bond donors (Lipinski definition) is 24. The minimum absolute atomic E-state index is 1.47. The van der Waals surface area contributed by atoms with Gasteiger partial charge in [0.15, 0.2) is 37.7 Å². The highest BCUT2D eigenvalue weighted by atomic mass is 31.2. The second-order valence-electron chi connectivity index (χ2n) is 20.5. The third kappa shape index (κ3) is 20.4. The lowest BCUT2D eigenvalue weighted by atomic mass is 9.94. The molecule has 0 saturated carbocycles. The molecule has 0 aromatic rings. The molecule has 0 spiro atoms. The van der Waals surface area contributed by atoms with E-state index < -0.39 is 271 Å². The molecule has 0 aromatic carbocycles. The van der Waals surface area contributed by atoms with Crippen molar-refractivity contribution in [3.63, 3.8) is 0 Å². The summed E-state index contributed by atoms with van der Waals surface area (Å²) in [6.45, 7) is -8.84. The summed E-state index contributed by atoms with van der Waals surface area (Å²) in [5.74, 6) is 0. The second-order valence-corrected chi connectivity index (χ2v) is 27.9. The van der Waals surface area contributed by atoms with Crippen molar-refractivity contribution in [2.75, 3.05) is 39.6 Å². The first-order chi connectivity index (χ1) is 41.3. The number of aliphatic hydroxyl groups is 12. The highest BCUT2D eigenvalue weighted by molar-refractivity contribution is 7.47. The molecule has 0 radical (unpaired) electrons. The zero-order valence-corrected chi connectivity index (χ0v) is 50.1. The number of rotatable bonds is 18. The van der Waals surface area contributed by atoms with Crippen LogP contribution in [0.5, 0.6) is 0 Å². The quantitative estimate of drug-likeness (QED) is 0.0567. The lowest BCUT2D eigenvalue weighted by Crippen LogP contribution is -2.69. The van der Waals surface area contributed by atoms with Crippen LogP contribution in [0.2, 0.25) is 0 Å². The number of aliphatic hydroxyl groups excluding tert-OH is 12. The summed E-state index contributed by atoms with van der Waals surface area (Å²) < 4.78 is 166. The maximum atomic E-state index is 12.0. The van der Waals surface area contributed by atoms with Crippen molar-refractivity contribution in [3.8, 4) is 0 Å². The third-order valence-electron chi connectivity index (χ3n) is 14.0. The van der Waals surface area contributed by atoms with E-state index in [9.17, 15) is 147 Å². The third-order valence-corrected chi connectivity index (χ3v) is 16.9. The first kappa shape index (κ1) is 77.1. The molecule has 22 fully saturated rings. The Morgan fingerprint density at radius 1 is 0.200 bits per heavy atom. The van der Waals surface area contributed by atoms with Crippen molar-refractivity contribution in [3.05, 3.63) is 0 Å². The van der Waals surface area contributed by atoms with Crippen LogP contribution >= 0.6 is 46.9 Å². The molecule has 0 aliphatic carbocycles. The van der Waals surface area contributed by atoms with Crippen LogP contribution in [0.25, 0.3) is 0 Å². The SMILES string of the molecule is O=P(O)(O)OCC1OC2OC3C(COP(=O)(O)O)OC(OC4C(COP(=O)(O)O)OC(OC5C(COP(=O)(O)O)OC(OC6C(COP(=O)(O)O)OC(OC7C(COP(=O)(O)O)OC(OC1C(O)C2O)C(O)C7O)C(O)C6O)C(O)C5O)C(O)C4O)C(O)C3O. The number of phosphoric acid groups is 6. The van der Waals surface area contributed by atoms with E-state index in [1.54, 1.807) is 0 Å². The topological polar surface area (TPSA) is 754 Å². The fourth-order valence-electron chi connectivity index (χ4n) is 9.87. The molecule has 30 atom stereocenters. The molecule has 90 heavy (non-hydrogen) atoms. The molecule has 22 saturated heterocycles. The summed E-state index contributed by atoms with van der Waals surface area (Å²) in [4.78, 5) is 116. The van der Waals surface area contributed by atoms with Crippen molar-refractivity contribution in [1.82, 2.24) is 0 Å². The van der Waals surface area contributed by atoms with Gasteiger partial charge in [0.1, 0.15) is 146 Å². The standard InChI is InChI=1S/C36H66O48P6/c37-13-19(43)31-73-7(1-67-85(49,50)51)25(13)79-32-20(44)14(38)27(9(74-32)3-69-87(55,56)57)81-34-22(46)16(40)29(11(76-34)5-71-89(61,62)63)83-36-24(48)18(42)30(12(78-36)6-72-90(64,65)66)84-35-23(47)17(41)28(10(77-35)4-70-88(58,59)60)82-33-21(45)15(39)26(80-31)8(75-33)2-68-86(52,53)54/h7-48H,1-6H2,(H2,49,50,51)(H2,52,53,54)(H2,55,56,57)(H2,58,59,60)(H2,61,62,63)(H2,64,65,66). The van der Waals surface area contributed by atoms with Gasteiger partial charge < -0.3 is 177 Å². The predicted octanol–water partition coefficient (Wildman–Crippen LogP) is -12.4. The van der Waals surface area contributed by atoms with Crippen LogP contribution in [0.4, 0.5) is 0 Å². The monoisotopic (exact) mass is 1450 g/mol. The van der Waals surface area contributed by atoms with Crippen LogP contribution in [0.1, 0.15) is 0 Å². The van der Waals surface area contributed by atoms with Crippen LogP contribution in [-0.4, -0.2) is 344 Å². The van der Waals surface area contributed by atoms with Crippen molar-refractivity contribution in [2.45, 2.75) is 184 Å². The summed E-state index contributed by atoms with van der Waals surface area (Å²) in [7, 11) is -33.8. The van der Waals surface area contributed by atoms with Crippen LogP contribution in [-0.2, 0) is 111 Å². The molecule has 22 aliphatic rings. The lowest BCUT2D eigenvalue weighted by Gasteiger charge is -2.51. The number of phosphoric ester groups is 6. The van der Waals surface area contributed by atoms with E-state index in [0.29, 0.717) is 0 Å². The fraction of sp³-hybridized carbons (Fsp3) is 1.00. The fourth-order valence-corrected chi connectivity index (χ4v) is 11.9. The van der Waals surface area contributed by atoms with E-state index in [0.717, 1.165) is 0 Å². The van der Waals surface area contributed by atoms with Gasteiger partial charge in [0.25, 0.3) is 0 Å². The molecule has 528 valence electrons. The molecule has 54 heteroatoms. The van der Waals surface area contributed by atoms with Crippen LogP contribution in [0, 0.1) is 0 Å². The summed E-state index contributed by atoms with van der Waals surface area (Å²) in [5.41, 5.74) is 0. The van der Waals surface area contributed by atoms with Crippen LogP contribution in [0.3, 0.4) is 0 Å². The first-order valence-corrected chi connectivity index (χ1v) is 34.7. The summed E-state index contributed by atoms with van der Waals surface area (Å²) in [5, 5.41) is 139. The summed E-state index contributed by atoms with van der Waals surface area (Å²) >= 11 is 0. The molecule has 0 aromatic heterocycles. The Kier molecular flexibility index (Phi) is 26.1. The van der Waals surface area contributed by atoms with E-state index >= 15 is 0 Å². The van der Waals surface area contributed by atoms with Crippen molar-refractivity contribution < 1.29 is 231 Å². The average molecular weight is 1450 g/mol. The molecular formula is C36H66O48P6. The van der Waals surface area contributed by atoms with Gasteiger partial charge in [0.05, 0.1) is 39.6 Å². The Morgan fingerprint density at radius 2 is 0.311 bits per heavy atom. The minimum Gasteiger partial charge on any atom is -0.387 e. The molecule has 22 heterocycles. The Hall–Kier alpha value is -0.300. The molecule has 22 aliphatic heterocycles. The summed E-state index contributed by atoms with van der Waals surface area (Å²) in [6, 6.07) is 0. The predicted molar refractivity (Wildman–Crippen MR) is 261 cm³/mol. The summed E-state index contributed by atoms with van der Waals surface area (Å²) in [6.07, 6.45) is -75.2. The first-order valence-electron chi connectivity index (χ1n) is 25.5. The van der Waals surface area contributed by atoms with Crippen LogP contribution < -0.4 is 0 Å². The van der Waals surface area contributed by atoms with Gasteiger partial charge in [-0.15, -0.1) is 0 Å². The normalized spacial score (nSPS) is 44.9. The largest absolute Gasteiger partial charge is 0.469 e. The zero-order valence-electron chi connectivity index (χ0n) is 44.8. The van der Waals surface area contributed by atoms with Crippen molar-refractivity contribution in [1.29, 1.82) is 0 Å². The molecule has 22 rings (SSSR count). The average Bonchev–Trinajstić information content (AvgIpc) is 0.791. The van der Waals surface area contributed by atoms with E-state index in [1.165, 1.54) is 0 Å². The Bertz CT molecular complexity index is 2180. The van der Waals surface area contributed by atoms with Gasteiger partial charge in [-0.05, 0) is 0 Å². The number of ether oxygens (including phenoxy) is 12. The molecule has 48 nitrogen and oxygen atoms in total. The Labute approximate surface area is 501 Å². The van der Waals surface area contributed by atoms with Gasteiger partial charge >= 0.3 is 46.9 Å². The van der Waals surface area contributed by atoms with Crippen molar-refractivity contribution >= 4 is 46.9 Å². The van der Waals surface area contributed by atoms with Crippen molar-refractivity contribution in [2.24, 2.45) is 0 Å². The van der Waals surface area contributed by atoms with Gasteiger partial charge in [-0.2, -0.15) is 0 Å². The second kappa shape index (κ2) is 30.4. The number of hydrogen-bond acceptors (Lipinski definition) is 36. The molecule has 24 N–H and O–H groups in total. The maximum absolute atomic E-state index is 12.0. The van der Waals surface area contributed by atoms with Gasteiger partial charge in [-0.3, -0.25) is 27.1 Å². The highest BCUT2D eigenvalue weighted by Gasteiger charge is 2.60. The minimum atomic E-state index is -5.63. The van der Waals surface area contributed by atoms with E-state index in [1.807, 2.05) is 0 Å². The van der Waals surface area contributed by atoms with E-state index in [2.05, 4.69) is 27.1 Å². The van der Waals surface area contributed by atoms with E-state index in [4.69, 9.17) is 56.8 Å². The maximum Gasteiger partial charge on any atom is 0.469 e. The highest BCUT2D eigenvalue weighted by Crippen LogP contribution is 2.46. The zero-order chi connectivity index (χ0) is 67.3. The molecular weight excluding hydrogens is 1390 g/mol. The molecule has 30 unspecified atom stereocenters. The van der Waals surface area contributed by atoms with Gasteiger partial charge in [0, 0.05) is 0 Å². The van der Waals surface area contributed by atoms with Gasteiger partial charge in [-0.1, -0.05) is 0 Å². The molecule has 12 bridgehead atoms. The van der Waals surface area contributed by atoms with Crippen LogP contribution in [0.15, 0.2) is 0 Å².